The quantitative estimate of drug-likeness (QED) is 0.688. The number of benzene rings is 1. The maximum absolute atomic E-state index is 5.59. The van der Waals surface area contributed by atoms with E-state index in [-0.39, 0.29) is 12.1 Å². The van der Waals surface area contributed by atoms with Crippen LogP contribution >= 0.6 is 0 Å². The average Bonchev–Trinajstić information content (AvgIpc) is 3.12. The van der Waals surface area contributed by atoms with E-state index in [0.29, 0.717) is 12.4 Å². The maximum Gasteiger partial charge on any atom is 0.159 e. The van der Waals surface area contributed by atoms with Crippen molar-refractivity contribution in [3.05, 3.63) is 36.9 Å². The fourth-order valence-corrected chi connectivity index (χ4v) is 3.42. The number of hydrogen-bond acceptors (Lipinski definition) is 7. The lowest BCUT2D eigenvalue weighted by atomic mass is 10.0. The Morgan fingerprint density at radius 2 is 2.26 bits per heavy atom. The van der Waals surface area contributed by atoms with Crippen LogP contribution < -0.4 is 15.4 Å². The van der Waals surface area contributed by atoms with Crippen LogP contribution in [0.2, 0.25) is 0 Å². The molecule has 4 rings (SSSR count). The molecule has 0 bridgehead atoms. The van der Waals surface area contributed by atoms with Crippen molar-refractivity contribution in [2.75, 3.05) is 32.1 Å². The van der Waals surface area contributed by atoms with Gasteiger partial charge < -0.3 is 20.1 Å². The molecular weight excluding hydrogens is 344 g/mol. The number of nitrogens with one attached hydrogen (secondary N) is 2. The van der Waals surface area contributed by atoms with Crippen LogP contribution in [0.15, 0.2) is 36.9 Å². The van der Waals surface area contributed by atoms with Crippen molar-refractivity contribution >= 4 is 16.9 Å². The molecule has 0 saturated carbocycles. The zero-order valence-electron chi connectivity index (χ0n) is 15.6. The number of fused-ring (bicyclic) bond motifs is 1. The molecule has 142 valence electrons. The summed E-state index contributed by atoms with van der Waals surface area (Å²) in [5, 5.41) is 6.83. The second-order valence-electron chi connectivity index (χ2n) is 6.48. The van der Waals surface area contributed by atoms with Crippen LogP contribution in [0.1, 0.15) is 13.3 Å². The lowest BCUT2D eigenvalue weighted by molar-refractivity contribution is 0.0664. The Morgan fingerprint density at radius 3 is 3.11 bits per heavy atom. The molecule has 8 heteroatoms. The van der Waals surface area contributed by atoms with Gasteiger partial charge in [-0.15, -0.1) is 0 Å². The lowest BCUT2D eigenvalue weighted by Gasteiger charge is -2.31. The molecule has 1 saturated heterocycles. The summed E-state index contributed by atoms with van der Waals surface area (Å²) in [6, 6.07) is 6.01. The van der Waals surface area contributed by atoms with Crippen molar-refractivity contribution in [2.45, 2.75) is 25.5 Å². The smallest absolute Gasteiger partial charge is 0.159 e. The van der Waals surface area contributed by atoms with Gasteiger partial charge in [0.2, 0.25) is 0 Å². The highest BCUT2D eigenvalue weighted by atomic mass is 16.5. The number of aromatic nitrogens is 4. The molecule has 1 aromatic carbocycles. The fourth-order valence-electron chi connectivity index (χ4n) is 3.42. The Kier molecular flexibility index (Phi) is 5.17. The number of imidazole rings is 1. The molecule has 2 unspecified atom stereocenters. The Labute approximate surface area is 157 Å². The van der Waals surface area contributed by atoms with Gasteiger partial charge in [-0.25, -0.2) is 9.97 Å². The Bertz CT molecular complexity index is 912. The molecule has 27 heavy (non-hydrogen) atoms. The van der Waals surface area contributed by atoms with E-state index in [1.807, 2.05) is 29.7 Å². The van der Waals surface area contributed by atoms with Gasteiger partial charge in [0.05, 0.1) is 42.2 Å². The van der Waals surface area contributed by atoms with Crippen molar-refractivity contribution in [1.29, 1.82) is 0 Å². The number of hydrogen-bond donors (Lipinski definition) is 2. The molecule has 1 aliphatic heterocycles. The van der Waals surface area contributed by atoms with Gasteiger partial charge in [0.1, 0.15) is 17.9 Å². The van der Waals surface area contributed by atoms with Crippen molar-refractivity contribution in [3.63, 3.8) is 0 Å². The average molecular weight is 368 g/mol. The topological polar surface area (TPSA) is 86.1 Å². The summed E-state index contributed by atoms with van der Waals surface area (Å²) in [5.74, 6) is 2.24. The first-order valence-corrected chi connectivity index (χ1v) is 9.21. The molecule has 3 aromatic rings. The van der Waals surface area contributed by atoms with Crippen molar-refractivity contribution in [3.8, 4) is 11.6 Å². The third-order valence-electron chi connectivity index (χ3n) is 4.75. The molecule has 3 heterocycles. The highest BCUT2D eigenvalue weighted by molar-refractivity contribution is 5.78. The van der Waals surface area contributed by atoms with Crippen LogP contribution in [0.3, 0.4) is 0 Å². The molecule has 0 spiro atoms. The van der Waals surface area contributed by atoms with E-state index in [1.54, 1.807) is 25.8 Å². The van der Waals surface area contributed by atoms with Gasteiger partial charge in [0, 0.05) is 19.7 Å². The minimum atomic E-state index is 0.154. The second-order valence-corrected chi connectivity index (χ2v) is 6.48. The molecule has 1 fully saturated rings. The van der Waals surface area contributed by atoms with Gasteiger partial charge >= 0.3 is 0 Å². The summed E-state index contributed by atoms with van der Waals surface area (Å²) in [6.07, 6.45) is 6.35. The van der Waals surface area contributed by atoms with Crippen LogP contribution in [-0.4, -0.2) is 58.5 Å². The first-order chi connectivity index (χ1) is 13.3. The molecule has 0 amide bonds. The van der Waals surface area contributed by atoms with Crippen molar-refractivity contribution < 1.29 is 9.47 Å². The number of ether oxygens (including phenoxy) is 2. The number of methoxy groups -OCH3 is 1. The summed E-state index contributed by atoms with van der Waals surface area (Å²) < 4.78 is 13.1. The van der Waals surface area contributed by atoms with Crippen LogP contribution in [0.4, 0.5) is 5.82 Å². The zero-order chi connectivity index (χ0) is 18.6. The van der Waals surface area contributed by atoms with Crippen LogP contribution in [-0.2, 0) is 4.74 Å². The fraction of sp³-hybridized carbons (Fsp3) is 0.421. The highest BCUT2D eigenvalue weighted by Gasteiger charge is 2.25. The third-order valence-corrected chi connectivity index (χ3v) is 4.75. The minimum absolute atomic E-state index is 0.154. The first-order valence-electron chi connectivity index (χ1n) is 9.21. The van der Waals surface area contributed by atoms with Gasteiger partial charge in [0.25, 0.3) is 0 Å². The standard InChI is InChI=1S/C19H24N6O2/c1-3-27-13-4-5-16-14(8-13)22-12-25(16)19-11-21-10-18(24-19)23-15-9-20-7-6-17(15)26-2/h4-5,8,10-12,15,17,20H,3,6-7,9H2,1-2H3,(H,23,24). The SMILES string of the molecule is CCOc1ccc2c(c1)ncn2-c1cncc(NC2CNCCC2OC)n1. The lowest BCUT2D eigenvalue weighted by Crippen LogP contribution is -2.49. The molecule has 8 nitrogen and oxygen atoms in total. The Hall–Kier alpha value is -2.71. The second kappa shape index (κ2) is 7.89. The van der Waals surface area contributed by atoms with E-state index in [1.165, 1.54) is 0 Å². The van der Waals surface area contributed by atoms with Gasteiger partial charge in [-0.2, -0.15) is 0 Å². The number of piperidine rings is 1. The van der Waals surface area contributed by atoms with Crippen LogP contribution in [0, 0.1) is 0 Å². The van der Waals surface area contributed by atoms with Crippen LogP contribution in [0.5, 0.6) is 5.75 Å². The molecule has 2 atom stereocenters. The van der Waals surface area contributed by atoms with E-state index >= 15 is 0 Å². The predicted octanol–water partition coefficient (Wildman–Crippen LogP) is 2.00. The summed E-state index contributed by atoms with van der Waals surface area (Å²) >= 11 is 0. The van der Waals surface area contributed by atoms with E-state index < -0.39 is 0 Å². The predicted molar refractivity (Wildman–Crippen MR) is 104 cm³/mol. The monoisotopic (exact) mass is 368 g/mol. The first kappa shape index (κ1) is 17.7. The molecule has 0 aliphatic carbocycles. The highest BCUT2D eigenvalue weighted by Crippen LogP contribution is 2.22. The van der Waals surface area contributed by atoms with E-state index in [9.17, 15) is 0 Å². The number of rotatable bonds is 6. The van der Waals surface area contributed by atoms with E-state index in [0.717, 1.165) is 42.1 Å². The zero-order valence-corrected chi connectivity index (χ0v) is 15.6. The molecule has 2 aromatic heterocycles. The van der Waals surface area contributed by atoms with Gasteiger partial charge in [-0.05, 0) is 32.0 Å². The van der Waals surface area contributed by atoms with E-state index in [2.05, 4.69) is 20.6 Å². The van der Waals surface area contributed by atoms with Gasteiger partial charge in [-0.1, -0.05) is 0 Å². The molecule has 0 radical (unpaired) electrons. The summed E-state index contributed by atoms with van der Waals surface area (Å²) in [7, 11) is 1.75. The van der Waals surface area contributed by atoms with Crippen molar-refractivity contribution in [2.24, 2.45) is 0 Å². The molecular formula is C19H24N6O2. The van der Waals surface area contributed by atoms with Gasteiger partial charge in [-0.3, -0.25) is 9.55 Å². The Morgan fingerprint density at radius 1 is 1.33 bits per heavy atom. The largest absolute Gasteiger partial charge is 0.494 e. The van der Waals surface area contributed by atoms with Gasteiger partial charge in [0.15, 0.2) is 5.82 Å². The normalized spacial score (nSPS) is 19.9. The third kappa shape index (κ3) is 3.72. The van der Waals surface area contributed by atoms with Crippen LogP contribution in [0.25, 0.3) is 16.9 Å². The maximum atomic E-state index is 5.59. The summed E-state index contributed by atoms with van der Waals surface area (Å²) in [6.45, 7) is 4.39. The van der Waals surface area contributed by atoms with E-state index in [4.69, 9.17) is 14.5 Å². The number of nitrogens with zero attached hydrogens (tertiary/aromatic N) is 4. The van der Waals surface area contributed by atoms with Crippen molar-refractivity contribution in [1.82, 2.24) is 24.8 Å². The Balaban J connectivity index is 1.59. The molecule has 2 N–H and O–H groups in total. The summed E-state index contributed by atoms with van der Waals surface area (Å²) in [4.78, 5) is 13.5. The molecule has 1 aliphatic rings. The minimum Gasteiger partial charge on any atom is -0.494 e. The number of anilines is 1. The summed E-state index contributed by atoms with van der Waals surface area (Å²) in [5.41, 5.74) is 1.82.